The summed E-state index contributed by atoms with van der Waals surface area (Å²) < 4.78 is 5.47. The van der Waals surface area contributed by atoms with Crippen LogP contribution < -0.4 is 10.1 Å². The predicted molar refractivity (Wildman–Crippen MR) is 99.8 cm³/mol. The van der Waals surface area contributed by atoms with E-state index in [9.17, 15) is 0 Å². The van der Waals surface area contributed by atoms with Crippen LogP contribution in [-0.4, -0.2) is 28.1 Å². The fourth-order valence-corrected chi connectivity index (χ4v) is 3.49. The van der Waals surface area contributed by atoms with Crippen LogP contribution in [-0.2, 0) is 0 Å². The highest BCUT2D eigenvalue weighted by molar-refractivity contribution is 5.89. The van der Waals surface area contributed by atoms with Gasteiger partial charge in [-0.15, -0.1) is 0 Å². The molecule has 0 radical (unpaired) electrons. The Hall–Kier alpha value is -2.69. The number of ether oxygens (including phenoxy) is 1. The molecule has 1 aliphatic carbocycles. The lowest BCUT2D eigenvalue weighted by atomic mass is 9.95. The molecule has 0 aromatic carbocycles. The van der Waals surface area contributed by atoms with Crippen LogP contribution in [0, 0.1) is 0 Å². The van der Waals surface area contributed by atoms with Crippen LogP contribution in [0.1, 0.15) is 32.1 Å². The van der Waals surface area contributed by atoms with Crippen LogP contribution in [0.2, 0.25) is 0 Å². The largest absolute Gasteiger partial charge is 0.481 e. The van der Waals surface area contributed by atoms with Gasteiger partial charge in [-0.05, 0) is 37.1 Å². The van der Waals surface area contributed by atoms with Gasteiger partial charge >= 0.3 is 0 Å². The van der Waals surface area contributed by atoms with Crippen molar-refractivity contribution in [2.75, 3.05) is 12.4 Å². The fraction of sp³-hybridized carbons (Fsp3) is 0.350. The number of nitrogens with one attached hydrogen (secondary N) is 1. The Morgan fingerprint density at radius 1 is 1.08 bits per heavy atom. The minimum Gasteiger partial charge on any atom is -0.481 e. The monoisotopic (exact) mass is 334 g/mol. The molecule has 0 spiro atoms. The molecule has 0 bridgehead atoms. The number of fused-ring (bicyclic) bond motifs is 1. The first-order valence-electron chi connectivity index (χ1n) is 8.85. The first-order chi connectivity index (χ1) is 12.3. The number of nitrogens with zero attached hydrogens (tertiary/aromatic N) is 3. The molecule has 5 heteroatoms. The van der Waals surface area contributed by atoms with Crippen LogP contribution >= 0.6 is 0 Å². The van der Waals surface area contributed by atoms with Crippen molar-refractivity contribution in [3.05, 3.63) is 42.9 Å². The maximum Gasteiger partial charge on any atom is 0.221 e. The van der Waals surface area contributed by atoms with Gasteiger partial charge in [0.2, 0.25) is 5.88 Å². The number of rotatable bonds is 4. The molecule has 3 aromatic heterocycles. The van der Waals surface area contributed by atoms with E-state index in [4.69, 9.17) is 4.74 Å². The van der Waals surface area contributed by atoms with Crippen LogP contribution in [0.4, 0.5) is 5.82 Å². The lowest BCUT2D eigenvalue weighted by Gasteiger charge is -2.23. The molecule has 128 valence electrons. The standard InChI is InChI=1S/C20H22N4O/c1-25-20-17-8-9-21-13-15(17)11-18(24-20)14-7-10-22-19(12-14)23-16-5-3-2-4-6-16/h7-13,16H,2-6H2,1H3,(H,22,23). The summed E-state index contributed by atoms with van der Waals surface area (Å²) in [6.07, 6.45) is 11.8. The summed E-state index contributed by atoms with van der Waals surface area (Å²) in [6, 6.07) is 8.55. The minimum atomic E-state index is 0.528. The van der Waals surface area contributed by atoms with E-state index >= 15 is 0 Å². The molecular weight excluding hydrogens is 312 g/mol. The average molecular weight is 334 g/mol. The summed E-state index contributed by atoms with van der Waals surface area (Å²) in [5.74, 6) is 1.53. The van der Waals surface area contributed by atoms with E-state index in [-0.39, 0.29) is 0 Å². The van der Waals surface area contributed by atoms with Gasteiger partial charge in [-0.25, -0.2) is 9.97 Å². The number of hydrogen-bond acceptors (Lipinski definition) is 5. The molecule has 0 atom stereocenters. The van der Waals surface area contributed by atoms with Gasteiger partial charge in [-0.3, -0.25) is 4.98 Å². The van der Waals surface area contributed by atoms with Gasteiger partial charge in [0, 0.05) is 41.0 Å². The molecule has 1 saturated carbocycles. The number of anilines is 1. The fourth-order valence-electron chi connectivity index (χ4n) is 3.49. The summed E-state index contributed by atoms with van der Waals surface area (Å²) in [4.78, 5) is 13.4. The molecule has 0 aliphatic heterocycles. The van der Waals surface area contributed by atoms with Crippen molar-refractivity contribution in [2.45, 2.75) is 38.1 Å². The van der Waals surface area contributed by atoms with Gasteiger partial charge < -0.3 is 10.1 Å². The van der Waals surface area contributed by atoms with Gasteiger partial charge in [0.25, 0.3) is 0 Å². The van der Waals surface area contributed by atoms with Gasteiger partial charge in [-0.1, -0.05) is 19.3 Å². The van der Waals surface area contributed by atoms with E-state index in [1.54, 1.807) is 13.3 Å². The Bertz CT molecular complexity index is 874. The van der Waals surface area contributed by atoms with Crippen molar-refractivity contribution >= 4 is 16.6 Å². The third-order valence-electron chi connectivity index (χ3n) is 4.80. The molecule has 0 amide bonds. The van der Waals surface area contributed by atoms with Crippen LogP contribution in [0.25, 0.3) is 22.0 Å². The van der Waals surface area contributed by atoms with Crippen molar-refractivity contribution in [3.8, 4) is 17.1 Å². The second kappa shape index (κ2) is 7.05. The van der Waals surface area contributed by atoms with E-state index in [0.29, 0.717) is 11.9 Å². The molecule has 0 saturated heterocycles. The lowest BCUT2D eigenvalue weighted by Crippen LogP contribution is -2.22. The second-order valence-corrected chi connectivity index (χ2v) is 6.52. The van der Waals surface area contributed by atoms with Gasteiger partial charge in [0.1, 0.15) is 5.82 Å². The zero-order chi connectivity index (χ0) is 17.1. The Labute approximate surface area is 147 Å². The van der Waals surface area contributed by atoms with E-state index in [1.807, 2.05) is 30.6 Å². The minimum absolute atomic E-state index is 0.528. The number of aromatic nitrogens is 3. The molecule has 3 aromatic rings. The van der Waals surface area contributed by atoms with Crippen molar-refractivity contribution < 1.29 is 4.74 Å². The van der Waals surface area contributed by atoms with Crippen molar-refractivity contribution in [2.24, 2.45) is 0 Å². The number of pyridine rings is 3. The number of methoxy groups -OCH3 is 1. The van der Waals surface area contributed by atoms with Crippen LogP contribution in [0.15, 0.2) is 42.9 Å². The molecular formula is C20H22N4O. The van der Waals surface area contributed by atoms with Crippen molar-refractivity contribution in [1.29, 1.82) is 0 Å². The number of hydrogen-bond donors (Lipinski definition) is 1. The Morgan fingerprint density at radius 3 is 2.80 bits per heavy atom. The third-order valence-corrected chi connectivity index (χ3v) is 4.80. The summed E-state index contributed by atoms with van der Waals surface area (Å²) in [6.45, 7) is 0. The highest BCUT2D eigenvalue weighted by atomic mass is 16.5. The summed E-state index contributed by atoms with van der Waals surface area (Å²) in [5, 5.41) is 5.56. The van der Waals surface area contributed by atoms with Gasteiger partial charge in [0.15, 0.2) is 0 Å². The Balaban J connectivity index is 1.67. The van der Waals surface area contributed by atoms with E-state index < -0.39 is 0 Å². The van der Waals surface area contributed by atoms with Gasteiger partial charge in [-0.2, -0.15) is 0 Å². The SMILES string of the molecule is COc1nc(-c2ccnc(NC3CCCCC3)c2)cc2cnccc12. The molecule has 1 aliphatic rings. The molecule has 0 unspecified atom stereocenters. The molecule has 1 N–H and O–H groups in total. The Morgan fingerprint density at radius 2 is 1.96 bits per heavy atom. The zero-order valence-corrected chi connectivity index (χ0v) is 14.4. The van der Waals surface area contributed by atoms with Crippen LogP contribution in [0.3, 0.4) is 0 Å². The first kappa shape index (κ1) is 15.8. The lowest BCUT2D eigenvalue weighted by molar-refractivity contribution is 0.404. The molecule has 5 nitrogen and oxygen atoms in total. The molecule has 1 fully saturated rings. The smallest absolute Gasteiger partial charge is 0.221 e. The quantitative estimate of drug-likeness (QED) is 0.764. The zero-order valence-electron chi connectivity index (χ0n) is 14.4. The highest BCUT2D eigenvalue weighted by Gasteiger charge is 2.14. The van der Waals surface area contributed by atoms with E-state index in [1.165, 1.54) is 32.1 Å². The van der Waals surface area contributed by atoms with Crippen LogP contribution in [0.5, 0.6) is 5.88 Å². The topological polar surface area (TPSA) is 59.9 Å². The average Bonchev–Trinajstić information content (AvgIpc) is 2.68. The molecule has 3 heterocycles. The predicted octanol–water partition coefficient (Wildman–Crippen LogP) is 4.45. The maximum atomic E-state index is 5.47. The normalized spacial score (nSPS) is 15.2. The van der Waals surface area contributed by atoms with Gasteiger partial charge in [0.05, 0.1) is 12.8 Å². The second-order valence-electron chi connectivity index (χ2n) is 6.52. The first-order valence-corrected chi connectivity index (χ1v) is 8.85. The molecule has 4 rings (SSSR count). The highest BCUT2D eigenvalue weighted by Crippen LogP contribution is 2.29. The Kier molecular flexibility index (Phi) is 4.46. The van der Waals surface area contributed by atoms with Crippen molar-refractivity contribution in [1.82, 2.24) is 15.0 Å². The summed E-state index contributed by atoms with van der Waals surface area (Å²) in [7, 11) is 1.65. The van der Waals surface area contributed by atoms with Crippen molar-refractivity contribution in [3.63, 3.8) is 0 Å². The summed E-state index contributed by atoms with van der Waals surface area (Å²) in [5.41, 5.74) is 1.89. The summed E-state index contributed by atoms with van der Waals surface area (Å²) >= 11 is 0. The maximum absolute atomic E-state index is 5.47. The van der Waals surface area contributed by atoms with E-state index in [0.717, 1.165) is 27.8 Å². The molecule has 25 heavy (non-hydrogen) atoms. The third kappa shape index (κ3) is 3.40. The van der Waals surface area contributed by atoms with E-state index in [2.05, 4.69) is 26.3 Å².